The summed E-state index contributed by atoms with van der Waals surface area (Å²) in [5.41, 5.74) is 4.34. The molecule has 2 aromatic carbocycles. The molecule has 2 fully saturated rings. The van der Waals surface area contributed by atoms with E-state index in [-0.39, 0.29) is 11.0 Å². The van der Waals surface area contributed by atoms with Crippen LogP contribution in [-0.4, -0.2) is 28.3 Å². The molecule has 170 valence electrons. The molecule has 0 spiro atoms. The number of rotatable bonds is 5. The minimum absolute atomic E-state index is 0.0292. The van der Waals surface area contributed by atoms with Crippen LogP contribution in [0.1, 0.15) is 23.6 Å². The molecule has 9 heteroatoms. The van der Waals surface area contributed by atoms with Gasteiger partial charge in [0.25, 0.3) is 5.91 Å². The smallest absolute Gasteiger partial charge is 0.259 e. The third-order valence-corrected chi connectivity index (χ3v) is 6.99. The molecule has 2 aliphatic rings. The number of hydrogen-bond donors (Lipinski definition) is 3. The molecule has 0 unspecified atom stereocenters. The number of anilines is 2. The fourth-order valence-corrected chi connectivity index (χ4v) is 4.86. The quantitative estimate of drug-likeness (QED) is 0.345. The average Bonchev–Trinajstić information content (AvgIpc) is 3.12. The van der Waals surface area contributed by atoms with Crippen molar-refractivity contribution in [3.05, 3.63) is 70.1 Å². The number of amides is 3. The van der Waals surface area contributed by atoms with Crippen LogP contribution in [-0.2, 0) is 20.8 Å². The van der Waals surface area contributed by atoms with Crippen molar-refractivity contribution in [2.24, 2.45) is 5.92 Å². The Kier molecular flexibility index (Phi) is 6.53. The van der Waals surface area contributed by atoms with E-state index in [2.05, 4.69) is 22.9 Å². The summed E-state index contributed by atoms with van der Waals surface area (Å²) >= 11 is 6.49. The fourth-order valence-electron chi connectivity index (χ4n) is 3.57. The van der Waals surface area contributed by atoms with Crippen molar-refractivity contribution in [3.8, 4) is 0 Å². The summed E-state index contributed by atoms with van der Waals surface area (Å²) < 4.78 is 0. The summed E-state index contributed by atoms with van der Waals surface area (Å²) in [7, 11) is 0. The van der Waals surface area contributed by atoms with Crippen LogP contribution in [0.3, 0.4) is 0 Å². The van der Waals surface area contributed by atoms with Gasteiger partial charge in [-0.3, -0.25) is 19.3 Å². The maximum Gasteiger partial charge on any atom is 0.259 e. The predicted molar refractivity (Wildman–Crippen MR) is 135 cm³/mol. The van der Waals surface area contributed by atoms with E-state index in [0.29, 0.717) is 10.6 Å². The van der Waals surface area contributed by atoms with Gasteiger partial charge in [0.1, 0.15) is 5.92 Å². The molecule has 0 radical (unpaired) electrons. The van der Waals surface area contributed by atoms with E-state index in [4.69, 9.17) is 12.2 Å². The van der Waals surface area contributed by atoms with Crippen molar-refractivity contribution >= 4 is 58.2 Å². The molecule has 0 saturated carbocycles. The molecular weight excluding hydrogens is 456 g/mol. The van der Waals surface area contributed by atoms with E-state index in [0.717, 1.165) is 23.2 Å². The lowest BCUT2D eigenvalue weighted by molar-refractivity contribution is -0.131. The molecular formula is C24H24N4O3S2. The van der Waals surface area contributed by atoms with Crippen LogP contribution >= 0.6 is 24.0 Å². The Balaban J connectivity index is 1.53. The summed E-state index contributed by atoms with van der Waals surface area (Å²) in [5.74, 6) is -2.53. The largest absolute Gasteiger partial charge is 0.357 e. The number of nitrogens with one attached hydrogen (secondary N) is 3. The molecule has 2 aliphatic heterocycles. The van der Waals surface area contributed by atoms with E-state index < -0.39 is 23.2 Å². The van der Waals surface area contributed by atoms with E-state index in [1.165, 1.54) is 28.3 Å². The summed E-state index contributed by atoms with van der Waals surface area (Å²) in [6, 6.07) is 13.5. The van der Waals surface area contributed by atoms with Gasteiger partial charge < -0.3 is 16.0 Å². The van der Waals surface area contributed by atoms with Crippen molar-refractivity contribution in [1.82, 2.24) is 10.6 Å². The molecule has 4 rings (SSSR count). The van der Waals surface area contributed by atoms with Gasteiger partial charge in [-0.05, 0) is 79.5 Å². The molecule has 0 aliphatic carbocycles. The van der Waals surface area contributed by atoms with Crippen molar-refractivity contribution in [2.45, 2.75) is 32.7 Å². The van der Waals surface area contributed by atoms with Gasteiger partial charge in [0.2, 0.25) is 11.8 Å². The molecule has 3 N–H and O–H groups in total. The predicted octanol–water partition coefficient (Wildman–Crippen LogP) is 3.37. The van der Waals surface area contributed by atoms with Crippen LogP contribution < -0.4 is 20.9 Å². The summed E-state index contributed by atoms with van der Waals surface area (Å²) in [6.07, 6.45) is 2.36. The SMILES string of the molecule is CCc1ccc(N[C@@H]2NC(=O)/C(=C\[C@@H]3C(=O)NC(=S)N(c4ccc(C)c(C)c4)C3=O)S2)cc1. The van der Waals surface area contributed by atoms with Crippen LogP contribution in [0.15, 0.2) is 53.4 Å². The standard InChI is InChI=1S/C24H24N4O3S2/c1-4-15-6-8-16(9-7-15)25-23-26-21(30)19(33-23)12-18-20(29)27-24(32)28(22(18)31)17-10-5-13(2)14(3)11-17/h5-12,18,23,25H,4H2,1-3H3,(H,26,30)(H,27,29,32)/b19-12+/t18-,23-/m1/s1. The minimum Gasteiger partial charge on any atom is -0.357 e. The molecule has 0 aromatic heterocycles. The number of thiocarbonyl (C=S) groups is 1. The Bertz CT molecular complexity index is 1180. The van der Waals surface area contributed by atoms with Gasteiger partial charge in [-0.15, -0.1) is 0 Å². The summed E-state index contributed by atoms with van der Waals surface area (Å²) in [6.45, 7) is 6.00. The first-order valence-corrected chi connectivity index (χ1v) is 11.9. The molecule has 3 amide bonds. The van der Waals surface area contributed by atoms with Crippen molar-refractivity contribution < 1.29 is 14.4 Å². The normalized spacial score (nSPS) is 21.9. The zero-order chi connectivity index (χ0) is 23.7. The molecule has 2 saturated heterocycles. The maximum absolute atomic E-state index is 13.2. The fraction of sp³-hybridized carbons (Fsp3) is 0.250. The van der Waals surface area contributed by atoms with Crippen LogP contribution in [0.5, 0.6) is 0 Å². The van der Waals surface area contributed by atoms with E-state index >= 15 is 0 Å². The van der Waals surface area contributed by atoms with Gasteiger partial charge in [0, 0.05) is 5.69 Å². The Morgan fingerprint density at radius 1 is 1.09 bits per heavy atom. The second-order valence-corrected chi connectivity index (χ2v) is 9.44. The van der Waals surface area contributed by atoms with Crippen LogP contribution in [0.4, 0.5) is 11.4 Å². The highest BCUT2D eigenvalue weighted by Gasteiger charge is 2.40. The number of carbonyl (C=O) groups is 3. The van der Waals surface area contributed by atoms with E-state index in [1.54, 1.807) is 6.07 Å². The Morgan fingerprint density at radius 2 is 1.82 bits per heavy atom. The third kappa shape index (κ3) is 4.79. The number of aryl methyl sites for hydroxylation is 3. The van der Waals surface area contributed by atoms with Crippen molar-refractivity contribution in [2.75, 3.05) is 10.2 Å². The van der Waals surface area contributed by atoms with E-state index in [1.807, 2.05) is 50.2 Å². The number of thioether (sulfide) groups is 1. The number of benzene rings is 2. The number of carbonyl (C=O) groups excluding carboxylic acids is 3. The maximum atomic E-state index is 13.2. The lowest BCUT2D eigenvalue weighted by atomic mass is 10.0. The van der Waals surface area contributed by atoms with E-state index in [9.17, 15) is 14.4 Å². The highest BCUT2D eigenvalue weighted by molar-refractivity contribution is 8.05. The summed E-state index contributed by atoms with van der Waals surface area (Å²) in [4.78, 5) is 40.0. The Labute approximate surface area is 202 Å². The highest BCUT2D eigenvalue weighted by atomic mass is 32.2. The topological polar surface area (TPSA) is 90.5 Å². The second-order valence-electron chi connectivity index (χ2n) is 7.91. The molecule has 2 atom stereocenters. The van der Waals surface area contributed by atoms with Crippen molar-refractivity contribution in [1.29, 1.82) is 0 Å². The molecule has 2 aromatic rings. The van der Waals surface area contributed by atoms with Gasteiger partial charge in [0.15, 0.2) is 10.6 Å². The van der Waals surface area contributed by atoms with Gasteiger partial charge >= 0.3 is 0 Å². The molecule has 7 nitrogen and oxygen atoms in total. The Morgan fingerprint density at radius 3 is 2.48 bits per heavy atom. The molecule has 0 bridgehead atoms. The zero-order valence-corrected chi connectivity index (χ0v) is 20.1. The average molecular weight is 481 g/mol. The van der Waals surface area contributed by atoms with Crippen LogP contribution in [0.25, 0.3) is 0 Å². The lowest BCUT2D eigenvalue weighted by Crippen LogP contribution is -2.57. The molecule has 2 heterocycles. The zero-order valence-electron chi connectivity index (χ0n) is 18.5. The Hall–Kier alpha value is -3.17. The number of nitrogens with zero attached hydrogens (tertiary/aromatic N) is 1. The summed E-state index contributed by atoms with van der Waals surface area (Å²) in [5, 5.41) is 8.69. The highest BCUT2D eigenvalue weighted by Crippen LogP contribution is 2.31. The lowest BCUT2D eigenvalue weighted by Gasteiger charge is -2.31. The van der Waals surface area contributed by atoms with Gasteiger partial charge in [0.05, 0.1) is 10.6 Å². The monoisotopic (exact) mass is 480 g/mol. The first-order valence-electron chi connectivity index (χ1n) is 10.6. The first-order chi connectivity index (χ1) is 15.8. The second kappa shape index (κ2) is 9.36. The third-order valence-electron chi connectivity index (χ3n) is 5.66. The van der Waals surface area contributed by atoms with Crippen molar-refractivity contribution in [3.63, 3.8) is 0 Å². The number of hydrogen-bond acceptors (Lipinski definition) is 6. The van der Waals surface area contributed by atoms with Gasteiger partial charge in [-0.1, -0.05) is 36.9 Å². The van der Waals surface area contributed by atoms with Gasteiger partial charge in [-0.25, -0.2) is 0 Å². The van der Waals surface area contributed by atoms with Gasteiger partial charge in [-0.2, -0.15) is 0 Å². The van der Waals surface area contributed by atoms with Crippen LogP contribution in [0.2, 0.25) is 0 Å². The first kappa shape index (κ1) is 23.0. The minimum atomic E-state index is -1.16. The molecule has 33 heavy (non-hydrogen) atoms. The van der Waals surface area contributed by atoms with Crippen LogP contribution in [0, 0.1) is 19.8 Å².